The molecule has 2 fully saturated rings. The molecule has 2 aliphatic rings. The van der Waals surface area contributed by atoms with Gasteiger partial charge in [0.05, 0.1) is 42.6 Å². The summed E-state index contributed by atoms with van der Waals surface area (Å²) >= 11 is 6.33. The van der Waals surface area contributed by atoms with Gasteiger partial charge in [-0.25, -0.2) is 4.68 Å². The minimum Gasteiger partial charge on any atom is -0.377 e. The molecule has 8 heteroatoms. The number of ether oxygens (including phenoxy) is 2. The number of nitrogens with zero attached hydrogens (tertiary/aromatic N) is 3. The maximum absolute atomic E-state index is 13.1. The Morgan fingerprint density at radius 2 is 2.27 bits per heavy atom. The van der Waals surface area contributed by atoms with E-state index in [0.29, 0.717) is 50.0 Å². The molecule has 7 nitrogen and oxygen atoms in total. The van der Waals surface area contributed by atoms with Crippen molar-refractivity contribution >= 4 is 17.5 Å². The second-order valence-electron chi connectivity index (χ2n) is 6.60. The van der Waals surface area contributed by atoms with Crippen molar-refractivity contribution in [3.8, 4) is 5.69 Å². The standard InChI is InChI=1S/C18H21ClN4O3/c19-16-3-2-14(23-6-1-4-21-23)10-15(16)17(24)22-7-9-26-18(12-22)11-20-5-8-25-13-18/h1-4,6,10,20H,5,7-9,11-13H2/t18-/m0/s1. The lowest BCUT2D eigenvalue weighted by Gasteiger charge is -2.41. The summed E-state index contributed by atoms with van der Waals surface area (Å²) in [4.78, 5) is 14.9. The van der Waals surface area contributed by atoms with Crippen LogP contribution in [0.1, 0.15) is 10.4 Å². The number of benzene rings is 1. The summed E-state index contributed by atoms with van der Waals surface area (Å²) in [6.07, 6.45) is 3.52. The smallest absolute Gasteiger partial charge is 0.255 e. The summed E-state index contributed by atoms with van der Waals surface area (Å²) in [6.45, 7) is 4.06. The average molecular weight is 377 g/mol. The van der Waals surface area contributed by atoms with Crippen molar-refractivity contribution in [3.05, 3.63) is 47.2 Å². The predicted octanol–water partition coefficient (Wildman–Crippen LogP) is 1.36. The number of carbonyl (C=O) groups excluding carboxylic acids is 1. The van der Waals surface area contributed by atoms with Crippen molar-refractivity contribution in [1.29, 1.82) is 0 Å². The lowest BCUT2D eigenvalue weighted by atomic mass is 10.0. The van der Waals surface area contributed by atoms with Crippen molar-refractivity contribution in [2.24, 2.45) is 0 Å². The molecular formula is C18H21ClN4O3. The molecule has 2 saturated heterocycles. The van der Waals surface area contributed by atoms with Gasteiger partial charge in [0.15, 0.2) is 0 Å². The lowest BCUT2D eigenvalue weighted by Crippen LogP contribution is -2.59. The molecule has 138 valence electrons. The molecule has 1 atom stereocenters. The van der Waals surface area contributed by atoms with Crippen molar-refractivity contribution < 1.29 is 14.3 Å². The zero-order valence-electron chi connectivity index (χ0n) is 14.4. The molecule has 1 N–H and O–H groups in total. The fraction of sp³-hybridized carbons (Fsp3) is 0.444. The zero-order chi connectivity index (χ0) is 18.0. The van der Waals surface area contributed by atoms with Gasteiger partial charge in [-0.15, -0.1) is 0 Å². The molecule has 26 heavy (non-hydrogen) atoms. The highest BCUT2D eigenvalue weighted by atomic mass is 35.5. The van der Waals surface area contributed by atoms with E-state index in [0.717, 1.165) is 12.2 Å². The van der Waals surface area contributed by atoms with Crippen LogP contribution in [0, 0.1) is 0 Å². The van der Waals surface area contributed by atoms with E-state index in [1.807, 2.05) is 18.3 Å². The van der Waals surface area contributed by atoms with Crippen molar-refractivity contribution in [2.75, 3.05) is 46.0 Å². The van der Waals surface area contributed by atoms with E-state index in [1.165, 1.54) is 0 Å². The molecule has 1 spiro atoms. The lowest BCUT2D eigenvalue weighted by molar-refractivity contribution is -0.125. The number of amides is 1. The molecule has 0 bridgehead atoms. The Morgan fingerprint density at radius 3 is 3.12 bits per heavy atom. The van der Waals surface area contributed by atoms with Gasteiger partial charge < -0.3 is 19.7 Å². The Bertz CT molecular complexity index is 773. The molecule has 0 radical (unpaired) electrons. The topological polar surface area (TPSA) is 68.6 Å². The van der Waals surface area contributed by atoms with E-state index in [-0.39, 0.29) is 5.91 Å². The van der Waals surface area contributed by atoms with Crippen LogP contribution >= 0.6 is 11.6 Å². The Hall–Kier alpha value is -1.93. The molecule has 1 aromatic carbocycles. The highest BCUT2D eigenvalue weighted by Crippen LogP contribution is 2.25. The SMILES string of the molecule is O=C(c1cc(-n2cccn2)ccc1Cl)N1CCO[C@@]2(CNCCOC2)C1. The first-order valence-corrected chi connectivity index (χ1v) is 9.06. The number of carbonyl (C=O) groups is 1. The number of aromatic nitrogens is 2. The minimum atomic E-state index is -0.503. The van der Waals surface area contributed by atoms with E-state index >= 15 is 0 Å². The minimum absolute atomic E-state index is 0.101. The van der Waals surface area contributed by atoms with Gasteiger partial charge in [0.25, 0.3) is 5.91 Å². The third kappa shape index (κ3) is 3.48. The Labute approximate surface area is 156 Å². The van der Waals surface area contributed by atoms with Crippen LogP contribution in [-0.4, -0.2) is 72.2 Å². The molecule has 0 unspecified atom stereocenters. The van der Waals surface area contributed by atoms with Crippen LogP contribution in [0.4, 0.5) is 0 Å². The Morgan fingerprint density at radius 1 is 1.35 bits per heavy atom. The Balaban J connectivity index is 1.58. The normalized spacial score (nSPS) is 23.8. The molecule has 2 aromatic rings. The van der Waals surface area contributed by atoms with Gasteiger partial charge in [-0.2, -0.15) is 5.10 Å². The van der Waals surface area contributed by atoms with Crippen LogP contribution in [0.5, 0.6) is 0 Å². The van der Waals surface area contributed by atoms with Gasteiger partial charge in [-0.1, -0.05) is 11.6 Å². The monoisotopic (exact) mass is 376 g/mol. The summed E-state index contributed by atoms with van der Waals surface area (Å²) in [5.74, 6) is -0.101. The number of hydrogen-bond donors (Lipinski definition) is 1. The van der Waals surface area contributed by atoms with E-state index in [2.05, 4.69) is 10.4 Å². The van der Waals surface area contributed by atoms with Gasteiger partial charge in [-0.3, -0.25) is 4.79 Å². The van der Waals surface area contributed by atoms with Gasteiger partial charge in [-0.05, 0) is 24.3 Å². The summed E-state index contributed by atoms with van der Waals surface area (Å²) in [6, 6.07) is 7.19. The van der Waals surface area contributed by atoms with E-state index in [1.54, 1.807) is 27.9 Å². The molecule has 3 heterocycles. The molecule has 2 aliphatic heterocycles. The van der Waals surface area contributed by atoms with Crippen LogP contribution in [-0.2, 0) is 9.47 Å². The van der Waals surface area contributed by atoms with E-state index in [9.17, 15) is 4.79 Å². The Kier molecular flexibility index (Phi) is 4.95. The zero-order valence-corrected chi connectivity index (χ0v) is 15.1. The third-order valence-electron chi connectivity index (χ3n) is 4.72. The van der Waals surface area contributed by atoms with Crippen LogP contribution in [0.3, 0.4) is 0 Å². The van der Waals surface area contributed by atoms with Crippen molar-refractivity contribution in [2.45, 2.75) is 5.60 Å². The number of rotatable bonds is 2. The fourth-order valence-electron chi connectivity index (χ4n) is 3.39. The fourth-order valence-corrected chi connectivity index (χ4v) is 3.59. The molecule has 0 saturated carbocycles. The van der Waals surface area contributed by atoms with E-state index in [4.69, 9.17) is 21.1 Å². The maximum atomic E-state index is 13.1. The van der Waals surface area contributed by atoms with Crippen LogP contribution in [0.25, 0.3) is 5.69 Å². The van der Waals surface area contributed by atoms with Crippen LogP contribution in [0.2, 0.25) is 5.02 Å². The van der Waals surface area contributed by atoms with Crippen LogP contribution < -0.4 is 5.32 Å². The largest absolute Gasteiger partial charge is 0.377 e. The van der Waals surface area contributed by atoms with Gasteiger partial charge in [0.1, 0.15) is 5.60 Å². The second-order valence-corrected chi connectivity index (χ2v) is 7.01. The number of morpholine rings is 1. The van der Waals surface area contributed by atoms with E-state index < -0.39 is 5.60 Å². The molecule has 1 aromatic heterocycles. The third-order valence-corrected chi connectivity index (χ3v) is 5.05. The first-order chi connectivity index (χ1) is 12.7. The number of hydrogen-bond acceptors (Lipinski definition) is 5. The molecule has 1 amide bonds. The van der Waals surface area contributed by atoms with Crippen molar-refractivity contribution in [3.63, 3.8) is 0 Å². The highest BCUT2D eigenvalue weighted by molar-refractivity contribution is 6.33. The molecule has 0 aliphatic carbocycles. The number of nitrogens with one attached hydrogen (secondary N) is 1. The molecular weight excluding hydrogens is 356 g/mol. The van der Waals surface area contributed by atoms with Crippen molar-refractivity contribution in [1.82, 2.24) is 20.0 Å². The second kappa shape index (κ2) is 7.36. The quantitative estimate of drug-likeness (QED) is 0.857. The summed E-state index contributed by atoms with van der Waals surface area (Å²) in [5, 5.41) is 7.96. The summed E-state index contributed by atoms with van der Waals surface area (Å²) in [7, 11) is 0. The first-order valence-electron chi connectivity index (χ1n) is 8.68. The van der Waals surface area contributed by atoms with Gasteiger partial charge in [0.2, 0.25) is 0 Å². The maximum Gasteiger partial charge on any atom is 0.255 e. The average Bonchev–Trinajstić information content (AvgIpc) is 3.11. The highest BCUT2D eigenvalue weighted by Gasteiger charge is 2.40. The van der Waals surface area contributed by atoms with Crippen LogP contribution in [0.15, 0.2) is 36.7 Å². The van der Waals surface area contributed by atoms with Gasteiger partial charge in [0, 0.05) is 32.0 Å². The summed E-state index contributed by atoms with van der Waals surface area (Å²) < 4.78 is 13.3. The van der Waals surface area contributed by atoms with Gasteiger partial charge >= 0.3 is 0 Å². The molecule has 4 rings (SSSR count). The first kappa shape index (κ1) is 17.5. The predicted molar refractivity (Wildman–Crippen MR) is 96.8 cm³/mol. The summed E-state index contributed by atoms with van der Waals surface area (Å²) in [5.41, 5.74) is 0.764. The number of halogens is 1.